The van der Waals surface area contributed by atoms with Gasteiger partial charge in [-0.05, 0) is 24.6 Å². The van der Waals surface area contributed by atoms with Crippen LogP contribution in [0.15, 0.2) is 95.2 Å². The lowest BCUT2D eigenvalue weighted by atomic mass is 10.0. The van der Waals surface area contributed by atoms with Gasteiger partial charge in [-0.15, -0.1) is 0 Å². The van der Waals surface area contributed by atoms with Crippen molar-refractivity contribution in [1.82, 2.24) is 5.32 Å². The van der Waals surface area contributed by atoms with Crippen LogP contribution < -0.4 is 10.1 Å². The monoisotopic (exact) mass is 475 g/mol. The van der Waals surface area contributed by atoms with E-state index in [0.29, 0.717) is 33.7 Å². The zero-order valence-electron chi connectivity index (χ0n) is 19.7. The van der Waals surface area contributed by atoms with Crippen LogP contribution in [0.1, 0.15) is 29.2 Å². The van der Waals surface area contributed by atoms with E-state index in [-0.39, 0.29) is 18.2 Å². The molecule has 0 unspecified atom stereocenters. The second kappa shape index (κ2) is 12.7. The van der Waals surface area contributed by atoms with Crippen molar-refractivity contribution in [2.75, 3.05) is 14.2 Å². The fraction of sp³-hybridized carbons (Fsp3) is 0.148. The fourth-order valence-electron chi connectivity index (χ4n) is 3.16. The van der Waals surface area contributed by atoms with E-state index >= 15 is 0 Å². The Morgan fingerprint density at radius 3 is 2.49 bits per heavy atom. The van der Waals surface area contributed by atoms with Crippen molar-refractivity contribution in [3.8, 4) is 5.75 Å². The van der Waals surface area contributed by atoms with Crippen molar-refractivity contribution >= 4 is 23.4 Å². The summed E-state index contributed by atoms with van der Waals surface area (Å²) in [7, 11) is 2.89. The van der Waals surface area contributed by atoms with Gasteiger partial charge in [0.05, 0.1) is 5.71 Å². The van der Waals surface area contributed by atoms with E-state index < -0.39 is 6.01 Å². The van der Waals surface area contributed by atoms with Crippen LogP contribution in [0.3, 0.4) is 0 Å². The molecule has 7 nitrogen and oxygen atoms in total. The van der Waals surface area contributed by atoms with Gasteiger partial charge in [-0.3, -0.25) is 4.79 Å². The molecule has 8 heteroatoms. The van der Waals surface area contributed by atoms with Gasteiger partial charge >= 0.3 is 0 Å². The molecule has 0 bridgehead atoms. The predicted molar refractivity (Wildman–Crippen MR) is 134 cm³/mol. The minimum Gasteiger partial charge on any atom is -0.432 e. The van der Waals surface area contributed by atoms with Gasteiger partial charge in [0.2, 0.25) is 0 Å². The van der Waals surface area contributed by atoms with Gasteiger partial charge in [-0.2, -0.15) is 4.39 Å². The number of hydrogen-bond acceptors (Lipinski definition) is 6. The van der Waals surface area contributed by atoms with Gasteiger partial charge in [0.1, 0.15) is 19.5 Å². The summed E-state index contributed by atoms with van der Waals surface area (Å²) in [6, 6.07) is 22.4. The number of oxime groups is 2. The Morgan fingerprint density at radius 1 is 1.00 bits per heavy atom. The molecule has 0 saturated carbocycles. The SMILES string of the molecule is CNC(=O)/C(=N/OC)c1ccccc1CO/N=C(\C)c1cccc(OC(F)=Cc2ccccc2)c1. The molecule has 0 saturated heterocycles. The van der Waals surface area contributed by atoms with Gasteiger partial charge in [0.25, 0.3) is 11.9 Å². The molecular formula is C27H26FN3O4. The standard InChI is InChI=1S/C27H26FN3O4/c1-19(21-13-9-14-23(17-21)35-25(28)16-20-10-5-4-6-11-20)30-34-18-22-12-7-8-15-24(22)26(31-33-3)27(32)29-2/h4-17H,18H2,1-3H3,(H,29,32)/b25-16?,30-19+,31-26+. The number of carbonyl (C=O) groups is 1. The first-order valence-electron chi connectivity index (χ1n) is 10.8. The molecule has 0 fully saturated rings. The summed E-state index contributed by atoms with van der Waals surface area (Å²) in [4.78, 5) is 22.6. The summed E-state index contributed by atoms with van der Waals surface area (Å²) in [5, 5.41) is 10.6. The molecule has 0 heterocycles. The number of amides is 1. The number of likely N-dealkylation sites (N-methyl/N-ethyl adjacent to an activating group) is 1. The minimum atomic E-state index is -0.722. The third-order valence-electron chi connectivity index (χ3n) is 4.87. The van der Waals surface area contributed by atoms with Crippen LogP contribution in [0.5, 0.6) is 5.75 Å². The Morgan fingerprint density at radius 2 is 1.74 bits per heavy atom. The molecule has 3 rings (SSSR count). The Balaban J connectivity index is 1.70. The normalized spacial score (nSPS) is 12.2. The van der Waals surface area contributed by atoms with Crippen molar-refractivity contribution in [3.63, 3.8) is 0 Å². The highest BCUT2D eigenvalue weighted by atomic mass is 19.1. The van der Waals surface area contributed by atoms with E-state index in [1.54, 1.807) is 49.4 Å². The molecule has 3 aromatic carbocycles. The molecule has 0 aliphatic carbocycles. The predicted octanol–water partition coefficient (Wildman–Crippen LogP) is 5.07. The average molecular weight is 476 g/mol. The van der Waals surface area contributed by atoms with Crippen molar-refractivity contribution in [2.45, 2.75) is 13.5 Å². The number of nitrogens with one attached hydrogen (secondary N) is 1. The van der Waals surface area contributed by atoms with E-state index in [0.717, 1.165) is 0 Å². The summed E-state index contributed by atoms with van der Waals surface area (Å²) < 4.78 is 19.6. The highest BCUT2D eigenvalue weighted by Gasteiger charge is 2.17. The summed E-state index contributed by atoms with van der Waals surface area (Å²) in [6.07, 6.45) is 1.31. The molecular weight excluding hydrogens is 449 g/mol. The maximum absolute atomic E-state index is 14.3. The van der Waals surface area contributed by atoms with E-state index in [9.17, 15) is 9.18 Å². The Bertz CT molecular complexity index is 1240. The summed E-state index contributed by atoms with van der Waals surface area (Å²) >= 11 is 0. The quantitative estimate of drug-likeness (QED) is 0.252. The van der Waals surface area contributed by atoms with Crippen molar-refractivity contribution in [1.29, 1.82) is 0 Å². The maximum Gasteiger partial charge on any atom is 0.278 e. The molecule has 35 heavy (non-hydrogen) atoms. The molecule has 0 aliphatic heterocycles. The van der Waals surface area contributed by atoms with Crippen LogP contribution in [-0.4, -0.2) is 31.5 Å². The molecule has 0 spiro atoms. The lowest BCUT2D eigenvalue weighted by molar-refractivity contribution is -0.114. The van der Waals surface area contributed by atoms with Gasteiger partial charge in [-0.25, -0.2) is 0 Å². The summed E-state index contributed by atoms with van der Waals surface area (Å²) in [6.45, 7) is 1.86. The first-order chi connectivity index (χ1) is 17.0. The summed E-state index contributed by atoms with van der Waals surface area (Å²) in [5.74, 6) is -0.0533. The molecule has 0 aromatic heterocycles. The maximum atomic E-state index is 14.3. The number of ether oxygens (including phenoxy) is 1. The van der Waals surface area contributed by atoms with E-state index in [4.69, 9.17) is 14.4 Å². The highest BCUT2D eigenvalue weighted by Crippen LogP contribution is 2.19. The van der Waals surface area contributed by atoms with Crippen molar-refractivity contribution < 1.29 is 23.6 Å². The van der Waals surface area contributed by atoms with Crippen LogP contribution in [0.4, 0.5) is 4.39 Å². The second-order valence-electron chi connectivity index (χ2n) is 7.30. The van der Waals surface area contributed by atoms with E-state index in [1.807, 2.05) is 36.4 Å². The summed E-state index contributed by atoms with van der Waals surface area (Å²) in [5.41, 5.74) is 3.37. The topological polar surface area (TPSA) is 81.5 Å². The lowest BCUT2D eigenvalue weighted by Gasteiger charge is -2.10. The first kappa shape index (κ1) is 25.2. The second-order valence-corrected chi connectivity index (χ2v) is 7.30. The van der Waals surface area contributed by atoms with Crippen LogP contribution in [0, 0.1) is 0 Å². The molecule has 0 aliphatic rings. The Labute approximate surface area is 203 Å². The smallest absolute Gasteiger partial charge is 0.278 e. The molecule has 0 atom stereocenters. The number of halogens is 1. The highest BCUT2D eigenvalue weighted by molar-refractivity contribution is 6.45. The number of benzene rings is 3. The van der Waals surface area contributed by atoms with Crippen LogP contribution >= 0.6 is 0 Å². The van der Waals surface area contributed by atoms with Gasteiger partial charge in [-0.1, -0.05) is 77.0 Å². The third-order valence-corrected chi connectivity index (χ3v) is 4.87. The lowest BCUT2D eigenvalue weighted by Crippen LogP contribution is -2.29. The zero-order chi connectivity index (χ0) is 25.0. The molecule has 1 amide bonds. The largest absolute Gasteiger partial charge is 0.432 e. The van der Waals surface area contributed by atoms with Crippen LogP contribution in [0.2, 0.25) is 0 Å². The minimum absolute atomic E-state index is 0.0951. The third kappa shape index (κ3) is 7.26. The molecule has 180 valence electrons. The number of rotatable bonds is 10. The zero-order valence-corrected chi connectivity index (χ0v) is 19.7. The molecule has 1 N–H and O–H groups in total. The average Bonchev–Trinajstić information content (AvgIpc) is 2.88. The van der Waals surface area contributed by atoms with Gasteiger partial charge in [0.15, 0.2) is 5.71 Å². The van der Waals surface area contributed by atoms with Gasteiger partial charge < -0.3 is 19.7 Å². The molecule has 0 radical (unpaired) electrons. The van der Waals surface area contributed by atoms with Crippen molar-refractivity contribution in [3.05, 3.63) is 107 Å². The Hall–Kier alpha value is -4.46. The number of nitrogens with zero attached hydrogens (tertiary/aromatic N) is 2. The van der Waals surface area contributed by atoms with Gasteiger partial charge in [0, 0.05) is 29.8 Å². The van der Waals surface area contributed by atoms with E-state index in [1.165, 1.54) is 20.2 Å². The number of hydrogen-bond donors (Lipinski definition) is 1. The Kier molecular flexibility index (Phi) is 9.13. The molecule has 3 aromatic rings. The van der Waals surface area contributed by atoms with Crippen LogP contribution in [-0.2, 0) is 21.1 Å². The van der Waals surface area contributed by atoms with Crippen LogP contribution in [0.25, 0.3) is 6.08 Å². The first-order valence-corrected chi connectivity index (χ1v) is 10.8. The van der Waals surface area contributed by atoms with E-state index in [2.05, 4.69) is 15.6 Å². The van der Waals surface area contributed by atoms with Crippen molar-refractivity contribution in [2.24, 2.45) is 10.3 Å². The number of carbonyl (C=O) groups excluding carboxylic acids is 1. The fourth-order valence-corrected chi connectivity index (χ4v) is 3.16.